The Balaban J connectivity index is 2.86. The number of hydrogen-bond acceptors (Lipinski definition) is 24. The van der Waals surface area contributed by atoms with E-state index >= 15 is 24.0 Å². The van der Waals surface area contributed by atoms with Crippen LogP contribution < -0.4 is 142 Å². The van der Waals surface area contributed by atoms with Crippen LogP contribution in [0.2, 0.25) is 0 Å². The molecule has 0 bridgehead atoms. The van der Waals surface area contributed by atoms with Gasteiger partial charge in [-0.3, -0.25) is 116 Å². The highest BCUT2D eigenvalue weighted by molar-refractivity contribution is 6.01. The summed E-state index contributed by atoms with van der Waals surface area (Å²) in [4.78, 5) is 206. The van der Waals surface area contributed by atoms with E-state index in [-0.39, 0.29) is 206 Å². The Bertz CT molecular complexity index is 4400. The first kappa shape index (κ1) is 116. The van der Waals surface area contributed by atoms with Gasteiger partial charge in [-0.2, -0.15) is 0 Å². The number of benzene rings is 1. The number of carbonyl (C=O) groups is 14. The number of aliphatic hydroxyl groups excluding tert-OH is 1. The van der Waals surface area contributed by atoms with E-state index in [9.17, 15) is 48.3 Å². The molecule has 51 heteroatoms. The molecule has 47 N–H and O–H groups in total. The van der Waals surface area contributed by atoms with E-state index < -0.39 is 253 Å². The zero-order chi connectivity index (χ0) is 103. The first-order chi connectivity index (χ1) is 64.7. The lowest BCUT2D eigenvalue weighted by Crippen LogP contribution is -2.50. The minimum absolute atomic E-state index is 0.00177. The van der Waals surface area contributed by atoms with Crippen molar-refractivity contribution < 1.29 is 73.6 Å². The molecular weight excluding hydrogens is 1770 g/mol. The number of primary amides is 1. The lowest BCUT2D eigenvalue weighted by Gasteiger charge is -2.27. The van der Waals surface area contributed by atoms with Gasteiger partial charge < -0.3 is 152 Å². The maximum absolute atomic E-state index is 15.3. The predicted molar refractivity (Wildman–Crippen MR) is 514 cm³/mol. The Hall–Kier alpha value is -14.1. The second-order valence-corrected chi connectivity index (χ2v) is 33.9. The number of para-hydroxylation sites is 1. The number of aromatic amines is 1. The molecule has 51 nitrogen and oxygen atoms in total. The molecule has 0 spiro atoms. The average Bonchev–Trinajstić information content (AvgIpc) is 1.68. The van der Waals surface area contributed by atoms with Crippen molar-refractivity contribution in [2.75, 3.05) is 65.5 Å². The fourth-order valence-corrected chi connectivity index (χ4v) is 15.0. The van der Waals surface area contributed by atoms with Crippen LogP contribution in [0.4, 0.5) is 0 Å². The Labute approximate surface area is 792 Å². The van der Waals surface area contributed by atoms with Crippen molar-refractivity contribution in [3.05, 3.63) is 36.0 Å². The van der Waals surface area contributed by atoms with Crippen LogP contribution in [0.5, 0.6) is 0 Å². The minimum Gasteiger partial charge on any atom is -0.396 e. The van der Waals surface area contributed by atoms with Gasteiger partial charge in [-0.25, -0.2) is 0 Å². The number of H-pyrrole nitrogens is 1. The predicted octanol–water partition coefficient (Wildman–Crippen LogP) is -5.51. The zero-order valence-electron chi connectivity index (χ0n) is 79.1. The van der Waals surface area contributed by atoms with Gasteiger partial charge in [0, 0.05) is 152 Å². The Morgan fingerprint density at radius 1 is 0.338 bits per heavy atom. The molecule has 13 atom stereocenters. The number of guanidine groups is 9. The Morgan fingerprint density at radius 3 is 0.838 bits per heavy atom. The Morgan fingerprint density at radius 2 is 0.581 bits per heavy atom. The largest absolute Gasteiger partial charge is 0.396 e. The van der Waals surface area contributed by atoms with Gasteiger partial charge in [-0.05, 0) is 153 Å². The molecule has 136 heavy (non-hydrogen) atoms. The normalized spacial score (nSPS) is 14.0. The van der Waals surface area contributed by atoms with Gasteiger partial charge >= 0.3 is 0 Å². The molecule has 2 unspecified atom stereocenters. The summed E-state index contributed by atoms with van der Waals surface area (Å²) < 4.78 is 7.79. The second-order valence-electron chi connectivity index (χ2n) is 33.9. The number of fused-ring (bicyclic) bond motifs is 1. The number of ketones is 6. The van der Waals surface area contributed by atoms with E-state index in [1.54, 1.807) is 12.3 Å². The van der Waals surface area contributed by atoms with E-state index in [2.05, 4.69) is 90.1 Å². The minimum atomic E-state index is -1.62. The Kier molecular flexibility index (Phi) is 55.3. The highest BCUT2D eigenvalue weighted by Gasteiger charge is 2.39. The lowest BCUT2D eigenvalue weighted by molar-refractivity contribution is -0.137. The van der Waals surface area contributed by atoms with Gasteiger partial charge in [0.05, 0.1) is 48.8 Å². The average molecular weight is 1920 g/mol. The van der Waals surface area contributed by atoms with Crippen LogP contribution in [0.3, 0.4) is 0 Å². The topological polar surface area (TPSA) is 942 Å². The molecule has 1 aromatic carbocycles. The highest BCUT2D eigenvalue weighted by Crippen LogP contribution is 2.27. The molecule has 0 radical (unpaired) electrons. The van der Waals surface area contributed by atoms with Gasteiger partial charge in [0.2, 0.25) is 47.3 Å². The first-order valence-corrected chi connectivity index (χ1v) is 45.5. The summed E-state index contributed by atoms with van der Waals surface area (Å²) in [6.45, 7) is 3.30. The maximum atomic E-state index is 15.3. The van der Waals surface area contributed by atoms with Gasteiger partial charge in [0.25, 0.3) is 0 Å². The van der Waals surface area contributed by atoms with Crippen molar-refractivity contribution in [2.24, 2.45) is 98.8 Å². The molecule has 2 aromatic rings. The number of amides is 8. The third-order valence-electron chi connectivity index (χ3n) is 22.0. The van der Waals surface area contributed by atoms with Crippen LogP contribution in [0.15, 0.2) is 30.5 Å². The number of hydrogen-bond donors (Lipinski definition) is 37. The van der Waals surface area contributed by atoms with Crippen molar-refractivity contribution in [1.29, 1.82) is 48.7 Å². The fraction of sp³-hybridized carbons (Fsp3) is 0.635. The number of nitrogens with one attached hydrogen (secondary N) is 26. The van der Waals surface area contributed by atoms with E-state index in [4.69, 9.17) is 107 Å². The van der Waals surface area contributed by atoms with Gasteiger partial charge in [-0.1, -0.05) is 32.0 Å². The summed E-state index contributed by atoms with van der Waals surface area (Å²) in [7, 11) is 0. The maximum Gasteiger partial charge on any atom is 0.239 e. The number of aliphatic hydroxyl groups is 1. The van der Waals surface area contributed by atoms with Crippen LogP contribution >= 0.6 is 0 Å². The molecule has 0 fully saturated rings. The van der Waals surface area contributed by atoms with E-state index in [0.29, 0.717) is 5.56 Å². The van der Waals surface area contributed by atoms with E-state index in [0.717, 1.165) is 10.9 Å². The van der Waals surface area contributed by atoms with Gasteiger partial charge in [0.1, 0.15) is 6.04 Å². The zero-order valence-corrected chi connectivity index (χ0v) is 78.1. The number of aromatic nitrogens is 1. The molecule has 0 aliphatic rings. The molecule has 1 aromatic heterocycles. The van der Waals surface area contributed by atoms with E-state index in [1.807, 2.05) is 32.0 Å². The second kappa shape index (κ2) is 64.7. The number of carbonyl (C=O) groups excluding carboxylic acids is 14. The molecular formula is C85H150N36O15. The van der Waals surface area contributed by atoms with E-state index in [1.165, 1.54) is 6.92 Å². The van der Waals surface area contributed by atoms with Gasteiger partial charge in [0.15, 0.2) is 88.3 Å². The summed E-state index contributed by atoms with van der Waals surface area (Å²) in [5.41, 5.74) is 57.2. The van der Waals surface area contributed by atoms with Crippen molar-refractivity contribution in [1.82, 2.24) is 90.1 Å². The smallest absolute Gasteiger partial charge is 0.239 e. The molecule has 760 valence electrons. The third-order valence-corrected chi connectivity index (χ3v) is 22.0. The highest BCUT2D eigenvalue weighted by atomic mass is 16.3. The summed E-state index contributed by atoms with van der Waals surface area (Å²) >= 11 is 0. The summed E-state index contributed by atoms with van der Waals surface area (Å²) in [5, 5.41) is 124. The summed E-state index contributed by atoms with van der Waals surface area (Å²) in [6.07, 6.45) is -2.75. The summed E-state index contributed by atoms with van der Waals surface area (Å²) in [6, 6.07) is -2.54. The number of nitrogens with two attached hydrogens (primary N) is 10. The number of rotatable bonds is 73. The molecule has 0 saturated carbocycles. The SMILES string of the molecule is [2H]C[C@@H](NC(=O)[C@@H](CCCNC(=N)N)CC(=O)[C@@H](CCCNC(=N)N)NC(=O)[C@@H](CCCNC(=N)N)CC(=O)[C@@H](CCCNC(=N)N)NC(=O)[C@@H](CCCNC(=N)N)CC(=O)[C@@H](CCCNC(=N)N)NC(=O)[C@@H](CCCNC(=N)N)CC(=O)[C@@H](CCCNC(=N)N)NC(=O)C(CO)CC(=O)[C@@H](CCCNC(=N)N)NC(=O)C(CC(=O)[C@@H](CC(C)C)NC(C)=O)Cc1c[nH]c2ccccc12)C(N)=O. The van der Waals surface area contributed by atoms with Crippen molar-refractivity contribution >= 4 is 146 Å². The monoisotopic (exact) mass is 1920 g/mol. The van der Waals surface area contributed by atoms with Crippen molar-refractivity contribution in [2.45, 2.75) is 237 Å². The third kappa shape index (κ3) is 50.7. The van der Waals surface area contributed by atoms with Gasteiger partial charge in [-0.15, -0.1) is 0 Å². The quantitative estimate of drug-likeness (QED) is 0.0167. The molecule has 0 aliphatic heterocycles. The molecule has 0 saturated heterocycles. The first-order valence-electron chi connectivity index (χ1n) is 46.2. The van der Waals surface area contributed by atoms with Crippen LogP contribution in [-0.2, 0) is 73.5 Å². The van der Waals surface area contributed by atoms with Crippen LogP contribution in [0.25, 0.3) is 10.9 Å². The van der Waals surface area contributed by atoms with Crippen molar-refractivity contribution in [3.63, 3.8) is 0 Å². The molecule has 0 aliphatic carbocycles. The fourth-order valence-electron chi connectivity index (χ4n) is 15.0. The van der Waals surface area contributed by atoms with Crippen LogP contribution in [0.1, 0.15) is 195 Å². The molecule has 8 amide bonds. The lowest BCUT2D eigenvalue weighted by atomic mass is 9.88. The number of Topliss-reactive ketones (excluding diaryl/α,β-unsaturated/α-hetero) is 6. The molecule has 2 rings (SSSR count). The van der Waals surface area contributed by atoms with Crippen molar-refractivity contribution in [3.8, 4) is 0 Å². The standard InChI is InChI=1S/C85H150N36O15/c1-46(2)36-63(116-48(4)123)69(129)42-53(37-54-44-114-57-21-6-5-20-56(54)57)75(135)120-62(26-15-35-113-85(103)104)68(128)43-55(45-122)76(136)121-61(25-14-34-112-84(101)102)67(127)41-52(19-10-30-108-80(93)94)74(134)119-60(24-13-33-111-83(99)100)66(126)40-51(18-9-29-107-79(91)92)73(133)118-59(23-12-32-110-82(97)98)65(125)39-50(17-8-28-106-78(89)90)72(132)117-58(22-11-31-109-81(95)96)64(124)38-49(16-7-27-105-77(87)88)71(131)115-47(3)70(86)130/h5-6,20-21,44,46-47,49-53,55,58-63,114,122H,7-19,22-43,45H2,1-4H3,(H2,86,130)(H,115,131)(H,116,123)(H,117,132)(H,118,133)(H,119,134)(H,120,135)(H,121,136)(H4,87,88,105)(H4,89,90,106)(H4,91,92,107)(H4,93,94,108)(H4,95,96,109)(H4,97,98,110)(H4,99,100,111)(H4,101,102,112)(H4,103,104,113)/t47-,49+,50+,51+,52+,53?,55?,58-,59-,60-,61-,62-,63-/m1/s1/i3D. The summed E-state index contributed by atoms with van der Waals surface area (Å²) in [5.74, 6) is -23.1. The molecule has 1 heterocycles. The van der Waals surface area contributed by atoms with Crippen LogP contribution in [-0.4, -0.2) is 253 Å². The van der Waals surface area contributed by atoms with Crippen LogP contribution in [0, 0.1) is 90.1 Å².